The zero-order valence-corrected chi connectivity index (χ0v) is 24.4. The molecule has 5 N–H and O–H groups in total. The van der Waals surface area contributed by atoms with Gasteiger partial charge in [0.1, 0.15) is 0 Å². The first-order chi connectivity index (χ1) is 18.4. The van der Waals surface area contributed by atoms with Gasteiger partial charge in [0.2, 0.25) is 5.91 Å². The van der Waals surface area contributed by atoms with Gasteiger partial charge < -0.3 is 25.7 Å². The fourth-order valence-corrected chi connectivity index (χ4v) is 10.7. The standard InChI is InChI=1S/C32H53NO6/c1-19(7-10-27(37)33-18-32(29(38)39)12-5-4-6-13-32)22-8-9-23-28-24(17-26(36)31(22,23)3)30(2)14-11-21(34)15-20(30)16-25(28)35/h19-26,28,34-36H,4-18H2,1-3H3,(H,33,37)(H,38,39)/t19-,20+,21-,22-,23+,24+,25-,26+,28+,30+,31-/m1/s1. The number of fused-ring (bicyclic) bond motifs is 5. The highest BCUT2D eigenvalue weighted by Gasteiger charge is 2.65. The topological polar surface area (TPSA) is 127 Å². The van der Waals surface area contributed by atoms with Crippen molar-refractivity contribution >= 4 is 11.9 Å². The quantitative estimate of drug-likeness (QED) is 0.319. The highest BCUT2D eigenvalue weighted by molar-refractivity contribution is 5.79. The monoisotopic (exact) mass is 547 g/mol. The molecule has 5 rings (SSSR count). The molecule has 5 fully saturated rings. The zero-order valence-electron chi connectivity index (χ0n) is 24.4. The number of carboxylic acids is 1. The Morgan fingerprint density at radius 3 is 2.33 bits per heavy atom. The van der Waals surface area contributed by atoms with E-state index in [9.17, 15) is 30.0 Å². The smallest absolute Gasteiger partial charge is 0.311 e. The van der Waals surface area contributed by atoms with E-state index in [0.29, 0.717) is 31.1 Å². The Morgan fingerprint density at radius 1 is 0.923 bits per heavy atom. The molecular formula is C32H53NO6. The molecule has 11 atom stereocenters. The summed E-state index contributed by atoms with van der Waals surface area (Å²) in [5, 5.41) is 46.3. The number of carbonyl (C=O) groups excluding carboxylic acids is 1. The molecule has 222 valence electrons. The van der Waals surface area contributed by atoms with Gasteiger partial charge in [-0.2, -0.15) is 0 Å². The molecule has 0 aromatic carbocycles. The Kier molecular flexibility index (Phi) is 8.20. The molecular weight excluding hydrogens is 494 g/mol. The molecule has 7 nitrogen and oxygen atoms in total. The molecule has 7 heteroatoms. The van der Waals surface area contributed by atoms with E-state index in [1.165, 1.54) is 0 Å². The molecule has 39 heavy (non-hydrogen) atoms. The number of nitrogens with one attached hydrogen (secondary N) is 1. The summed E-state index contributed by atoms with van der Waals surface area (Å²) < 4.78 is 0. The van der Waals surface area contributed by atoms with E-state index < -0.39 is 17.5 Å². The van der Waals surface area contributed by atoms with Crippen LogP contribution in [0.3, 0.4) is 0 Å². The normalized spacial score (nSPS) is 45.9. The van der Waals surface area contributed by atoms with Gasteiger partial charge in [-0.1, -0.05) is 40.0 Å². The molecule has 5 aliphatic rings. The summed E-state index contributed by atoms with van der Waals surface area (Å²) >= 11 is 0. The van der Waals surface area contributed by atoms with Crippen LogP contribution >= 0.6 is 0 Å². The van der Waals surface area contributed by atoms with Crippen LogP contribution in [0.25, 0.3) is 0 Å². The highest BCUT2D eigenvalue weighted by atomic mass is 16.4. The molecule has 5 aliphatic carbocycles. The summed E-state index contributed by atoms with van der Waals surface area (Å²) in [6.45, 7) is 7.03. The molecule has 0 bridgehead atoms. The van der Waals surface area contributed by atoms with Crippen molar-refractivity contribution in [2.24, 2.45) is 51.8 Å². The van der Waals surface area contributed by atoms with Crippen molar-refractivity contribution in [2.75, 3.05) is 6.54 Å². The van der Waals surface area contributed by atoms with Crippen molar-refractivity contribution in [1.29, 1.82) is 0 Å². The summed E-state index contributed by atoms with van der Waals surface area (Å²) in [5.41, 5.74) is -1.02. The van der Waals surface area contributed by atoms with Crippen molar-refractivity contribution in [3.8, 4) is 0 Å². The maximum atomic E-state index is 12.8. The zero-order chi connectivity index (χ0) is 28.2. The van der Waals surface area contributed by atoms with Crippen LogP contribution in [-0.2, 0) is 9.59 Å². The minimum Gasteiger partial charge on any atom is -0.481 e. The summed E-state index contributed by atoms with van der Waals surface area (Å²) in [6.07, 6.45) is 10.2. The lowest BCUT2D eigenvalue weighted by atomic mass is 9.43. The van der Waals surface area contributed by atoms with E-state index in [2.05, 4.69) is 26.1 Å². The van der Waals surface area contributed by atoms with Crippen LogP contribution in [0.5, 0.6) is 0 Å². The van der Waals surface area contributed by atoms with Crippen molar-refractivity contribution in [3.05, 3.63) is 0 Å². The Morgan fingerprint density at radius 2 is 1.64 bits per heavy atom. The Balaban J connectivity index is 1.22. The number of aliphatic hydroxyl groups excluding tert-OH is 3. The predicted octanol–water partition coefficient (Wildman–Crippen LogP) is 4.52. The third-order valence-corrected chi connectivity index (χ3v) is 13.2. The minimum absolute atomic E-state index is 0.0683. The molecule has 1 amide bonds. The van der Waals surface area contributed by atoms with E-state index in [1.54, 1.807) is 0 Å². The number of aliphatic hydroxyl groups is 3. The minimum atomic E-state index is -0.818. The molecule has 0 aliphatic heterocycles. The van der Waals surface area contributed by atoms with E-state index >= 15 is 0 Å². The molecule has 0 saturated heterocycles. The van der Waals surface area contributed by atoms with Crippen LogP contribution in [0.4, 0.5) is 0 Å². The highest BCUT2D eigenvalue weighted by Crippen LogP contribution is 2.68. The van der Waals surface area contributed by atoms with E-state index in [1.807, 2.05) is 0 Å². The second kappa shape index (κ2) is 10.9. The van der Waals surface area contributed by atoms with Gasteiger partial charge in [-0.05, 0) is 111 Å². The van der Waals surface area contributed by atoms with Gasteiger partial charge in [0.15, 0.2) is 0 Å². The van der Waals surface area contributed by atoms with E-state index in [0.717, 1.165) is 70.6 Å². The maximum absolute atomic E-state index is 12.8. The summed E-state index contributed by atoms with van der Waals surface area (Å²) in [5.74, 6) is 0.755. The number of aliphatic carboxylic acids is 1. The predicted molar refractivity (Wildman–Crippen MR) is 149 cm³/mol. The van der Waals surface area contributed by atoms with Crippen molar-refractivity contribution in [1.82, 2.24) is 5.32 Å². The molecule has 0 unspecified atom stereocenters. The summed E-state index contributed by atoms with van der Waals surface area (Å²) in [7, 11) is 0. The Labute approximate surface area is 234 Å². The number of carbonyl (C=O) groups is 2. The first kappa shape index (κ1) is 29.3. The van der Waals surface area contributed by atoms with Gasteiger partial charge in [0.05, 0.1) is 23.7 Å². The van der Waals surface area contributed by atoms with Gasteiger partial charge in [-0.15, -0.1) is 0 Å². The molecule has 0 spiro atoms. The van der Waals surface area contributed by atoms with Crippen LogP contribution in [0.2, 0.25) is 0 Å². The second-order valence-electron chi connectivity index (χ2n) is 15.0. The SMILES string of the molecule is C[C@H](CCC(=O)NCC1(C(=O)O)CCCCC1)[C@H]1CC[C@H]2[C@@H]3[C@H](O)C[C@@H]4C[C@H](O)CC[C@]4(C)[C@H]3C[C@H](O)[C@]12C. The summed E-state index contributed by atoms with van der Waals surface area (Å²) in [4.78, 5) is 24.8. The average molecular weight is 548 g/mol. The first-order valence-corrected chi connectivity index (χ1v) is 16.0. The third kappa shape index (κ3) is 4.97. The van der Waals surface area contributed by atoms with Crippen LogP contribution in [0.1, 0.15) is 111 Å². The van der Waals surface area contributed by atoms with Gasteiger partial charge in [-0.3, -0.25) is 9.59 Å². The lowest BCUT2D eigenvalue weighted by Crippen LogP contribution is -2.62. The average Bonchev–Trinajstić information content (AvgIpc) is 3.26. The van der Waals surface area contributed by atoms with Crippen molar-refractivity contribution < 1.29 is 30.0 Å². The number of hydrogen-bond donors (Lipinski definition) is 5. The fraction of sp³-hybridized carbons (Fsp3) is 0.938. The van der Waals surface area contributed by atoms with Crippen LogP contribution in [0, 0.1) is 51.8 Å². The molecule has 0 radical (unpaired) electrons. The summed E-state index contributed by atoms with van der Waals surface area (Å²) in [6, 6.07) is 0. The van der Waals surface area contributed by atoms with Gasteiger partial charge in [0.25, 0.3) is 0 Å². The third-order valence-electron chi connectivity index (χ3n) is 13.2. The van der Waals surface area contributed by atoms with Gasteiger partial charge in [0, 0.05) is 13.0 Å². The molecule has 0 aromatic heterocycles. The van der Waals surface area contributed by atoms with Crippen LogP contribution in [0.15, 0.2) is 0 Å². The Hall–Kier alpha value is -1.18. The largest absolute Gasteiger partial charge is 0.481 e. The molecule has 0 aromatic rings. The first-order valence-electron chi connectivity index (χ1n) is 16.0. The number of hydrogen-bond acceptors (Lipinski definition) is 5. The fourth-order valence-electron chi connectivity index (χ4n) is 10.7. The van der Waals surface area contributed by atoms with Gasteiger partial charge in [-0.25, -0.2) is 0 Å². The lowest BCUT2D eigenvalue weighted by Gasteiger charge is -2.63. The molecule has 5 saturated carbocycles. The number of rotatable bonds is 7. The molecule has 0 heterocycles. The van der Waals surface area contributed by atoms with Crippen molar-refractivity contribution in [3.63, 3.8) is 0 Å². The number of carboxylic acid groups (broad SMARTS) is 1. The van der Waals surface area contributed by atoms with Gasteiger partial charge >= 0.3 is 5.97 Å². The maximum Gasteiger partial charge on any atom is 0.311 e. The lowest BCUT2D eigenvalue weighted by molar-refractivity contribution is -0.207. The van der Waals surface area contributed by atoms with E-state index in [4.69, 9.17) is 0 Å². The number of amides is 1. The second-order valence-corrected chi connectivity index (χ2v) is 15.0. The van der Waals surface area contributed by atoms with Crippen molar-refractivity contribution in [2.45, 2.75) is 129 Å². The van der Waals surface area contributed by atoms with E-state index in [-0.39, 0.29) is 59.2 Å². The van der Waals surface area contributed by atoms with Crippen LogP contribution < -0.4 is 5.32 Å². The van der Waals surface area contributed by atoms with Crippen LogP contribution in [-0.4, -0.2) is 57.2 Å². The Bertz CT molecular complexity index is 918.